The lowest BCUT2D eigenvalue weighted by atomic mass is 10.0. The lowest BCUT2D eigenvalue weighted by Gasteiger charge is -2.33. The number of anilines is 2. The molecule has 1 aliphatic heterocycles. The third-order valence-corrected chi connectivity index (χ3v) is 6.61. The van der Waals surface area contributed by atoms with Gasteiger partial charge in [-0.15, -0.1) is 12.6 Å². The predicted octanol–water partition coefficient (Wildman–Crippen LogP) is 4.36. The van der Waals surface area contributed by atoms with Gasteiger partial charge in [0.2, 0.25) is 5.88 Å². The number of aliphatic hydroxyl groups is 1. The van der Waals surface area contributed by atoms with Gasteiger partial charge < -0.3 is 14.7 Å². The van der Waals surface area contributed by atoms with E-state index in [9.17, 15) is 18.7 Å². The summed E-state index contributed by atoms with van der Waals surface area (Å²) in [4.78, 5) is 24.9. The number of amides is 1. The van der Waals surface area contributed by atoms with Crippen molar-refractivity contribution in [1.82, 2.24) is 9.97 Å². The molecule has 1 N–H and O–H groups in total. The first kappa shape index (κ1) is 26.5. The minimum Gasteiger partial charge on any atom is -0.475 e. The number of halogens is 3. The number of rotatable bonds is 7. The second-order valence-corrected chi connectivity index (χ2v) is 9.29. The summed E-state index contributed by atoms with van der Waals surface area (Å²) in [5.74, 6) is -0.704. The van der Waals surface area contributed by atoms with Gasteiger partial charge in [0, 0.05) is 23.4 Å². The van der Waals surface area contributed by atoms with Crippen LogP contribution in [0.3, 0.4) is 0 Å². The van der Waals surface area contributed by atoms with Gasteiger partial charge in [-0.3, -0.25) is 9.69 Å². The van der Waals surface area contributed by atoms with E-state index in [4.69, 9.17) is 10.00 Å². The maximum absolute atomic E-state index is 15.4. The summed E-state index contributed by atoms with van der Waals surface area (Å²) in [5.41, 5.74) is -2.56. The molecule has 2 heterocycles. The van der Waals surface area contributed by atoms with Crippen molar-refractivity contribution >= 4 is 40.8 Å². The van der Waals surface area contributed by atoms with Crippen LogP contribution in [-0.4, -0.2) is 45.2 Å². The topological polar surface area (TPSA) is 103 Å². The Morgan fingerprint density at radius 3 is 2.59 bits per heavy atom. The number of fused-ring (bicyclic) bond motifs is 1. The molecule has 0 bridgehead atoms. The molecule has 37 heavy (non-hydrogen) atoms. The molecule has 12 heteroatoms. The number of hydrogen-bond donors (Lipinski definition) is 2. The first-order chi connectivity index (χ1) is 17.5. The summed E-state index contributed by atoms with van der Waals surface area (Å²) in [6.07, 6.45) is -2.49. The highest BCUT2D eigenvalue weighted by atomic mass is 32.1. The van der Waals surface area contributed by atoms with Gasteiger partial charge in [-0.1, -0.05) is 6.92 Å². The predicted molar refractivity (Wildman–Crippen MR) is 134 cm³/mol. The third-order valence-electron chi connectivity index (χ3n) is 6.15. The summed E-state index contributed by atoms with van der Waals surface area (Å²) in [7, 11) is 0. The van der Waals surface area contributed by atoms with Crippen LogP contribution < -0.4 is 14.5 Å². The molecular weight excluding hydrogens is 507 g/mol. The SMILES string of the molecule is CCc1nc(OCCO)c2cc(N3C(S)N(c4ccc(C#N)c(C(F)F)c4)C(=O)C3(C)C)cc(F)c2n1. The van der Waals surface area contributed by atoms with Crippen LogP contribution in [0.25, 0.3) is 10.9 Å². The number of carbonyl (C=O) groups is 1. The van der Waals surface area contributed by atoms with Crippen LogP contribution in [0.1, 0.15) is 44.1 Å². The maximum Gasteiger partial charge on any atom is 0.265 e. The van der Waals surface area contributed by atoms with Crippen LogP contribution in [0.5, 0.6) is 5.88 Å². The summed E-state index contributed by atoms with van der Waals surface area (Å²) >= 11 is 4.62. The highest BCUT2D eigenvalue weighted by molar-refractivity contribution is 7.81. The molecule has 1 fully saturated rings. The van der Waals surface area contributed by atoms with Crippen molar-refractivity contribution in [1.29, 1.82) is 5.26 Å². The van der Waals surface area contributed by atoms with Crippen LogP contribution >= 0.6 is 12.6 Å². The van der Waals surface area contributed by atoms with Gasteiger partial charge >= 0.3 is 0 Å². The lowest BCUT2D eigenvalue weighted by molar-refractivity contribution is -0.120. The number of alkyl halides is 2. The summed E-state index contributed by atoms with van der Waals surface area (Å²) < 4.78 is 48.1. The fraction of sp³-hybridized carbons (Fsp3) is 0.360. The average molecular weight is 532 g/mol. The molecule has 8 nitrogen and oxygen atoms in total. The van der Waals surface area contributed by atoms with E-state index in [1.54, 1.807) is 30.9 Å². The Hall–Kier alpha value is -3.56. The molecule has 1 aliphatic rings. The van der Waals surface area contributed by atoms with Crippen molar-refractivity contribution in [3.8, 4) is 11.9 Å². The van der Waals surface area contributed by atoms with E-state index in [1.807, 2.05) is 6.92 Å². The molecule has 194 valence electrons. The number of carbonyl (C=O) groups excluding carboxylic acids is 1. The minimum absolute atomic E-state index is 0.0214. The van der Waals surface area contributed by atoms with Crippen LogP contribution in [0.2, 0.25) is 0 Å². The Morgan fingerprint density at radius 1 is 1.24 bits per heavy atom. The second kappa shape index (κ2) is 10.1. The zero-order valence-electron chi connectivity index (χ0n) is 20.2. The number of thiol groups is 1. The van der Waals surface area contributed by atoms with E-state index in [1.165, 1.54) is 23.1 Å². The molecule has 0 spiro atoms. The van der Waals surface area contributed by atoms with Gasteiger partial charge in [-0.2, -0.15) is 10.2 Å². The van der Waals surface area contributed by atoms with Crippen molar-refractivity contribution in [3.63, 3.8) is 0 Å². The highest BCUT2D eigenvalue weighted by Gasteiger charge is 2.51. The van der Waals surface area contributed by atoms with Crippen molar-refractivity contribution in [2.24, 2.45) is 0 Å². The van der Waals surface area contributed by atoms with Crippen LogP contribution in [0.4, 0.5) is 24.5 Å². The average Bonchev–Trinajstić information content (AvgIpc) is 3.05. The Kier molecular flexibility index (Phi) is 7.21. The van der Waals surface area contributed by atoms with Gasteiger partial charge in [0.15, 0.2) is 11.3 Å². The quantitative estimate of drug-likeness (QED) is 0.437. The summed E-state index contributed by atoms with van der Waals surface area (Å²) in [6, 6.07) is 8.22. The number of aromatic nitrogens is 2. The van der Waals surface area contributed by atoms with Gasteiger partial charge in [0.1, 0.15) is 23.5 Å². The van der Waals surface area contributed by atoms with E-state index in [2.05, 4.69) is 22.6 Å². The molecule has 1 atom stereocenters. The number of aliphatic hydroxyl groups excluding tert-OH is 1. The van der Waals surface area contributed by atoms with Gasteiger partial charge in [-0.25, -0.2) is 18.2 Å². The third kappa shape index (κ3) is 4.53. The molecular formula is C25H24F3N5O3S. The maximum atomic E-state index is 15.4. The summed E-state index contributed by atoms with van der Waals surface area (Å²) in [6.45, 7) is 4.69. The Labute approximate surface area is 216 Å². The van der Waals surface area contributed by atoms with Crippen molar-refractivity contribution in [3.05, 3.63) is 53.1 Å². The Balaban J connectivity index is 1.85. The number of aryl methyl sites for hydroxylation is 1. The molecule has 4 rings (SSSR count). The molecule has 3 aromatic rings. The Morgan fingerprint density at radius 2 is 1.97 bits per heavy atom. The zero-order valence-corrected chi connectivity index (χ0v) is 21.1. The fourth-order valence-corrected chi connectivity index (χ4v) is 5.00. The first-order valence-corrected chi connectivity index (χ1v) is 11.9. The first-order valence-electron chi connectivity index (χ1n) is 11.4. The standard InChI is InChI=1S/C25H24F3N5O3S/c1-4-19-30-20-17(22(31-19)36-8-7-34)10-15(11-18(20)26)33-24(37)32(23(35)25(33,2)3)14-6-5-13(12-29)16(9-14)21(27)28/h5-6,9-11,21,24,34,37H,4,7-8H2,1-3H3. The van der Waals surface area contributed by atoms with Crippen molar-refractivity contribution in [2.45, 2.75) is 44.7 Å². The number of benzene rings is 2. The largest absolute Gasteiger partial charge is 0.475 e. The zero-order chi connectivity index (χ0) is 27.1. The number of hydrogen-bond acceptors (Lipinski definition) is 8. The second-order valence-electron chi connectivity index (χ2n) is 8.83. The lowest BCUT2D eigenvalue weighted by Crippen LogP contribution is -2.45. The Bertz CT molecular complexity index is 1410. The van der Waals surface area contributed by atoms with Gasteiger partial charge in [0.05, 0.1) is 23.6 Å². The van der Waals surface area contributed by atoms with E-state index >= 15 is 4.39 Å². The monoisotopic (exact) mass is 531 g/mol. The molecule has 0 aliphatic carbocycles. The number of nitrogens with zero attached hydrogens (tertiary/aromatic N) is 5. The highest BCUT2D eigenvalue weighted by Crippen LogP contribution is 2.43. The van der Waals surface area contributed by atoms with Crippen LogP contribution in [0.15, 0.2) is 30.3 Å². The molecule has 1 amide bonds. The smallest absolute Gasteiger partial charge is 0.265 e. The van der Waals surface area contributed by atoms with Gasteiger partial charge in [0.25, 0.3) is 12.3 Å². The minimum atomic E-state index is -2.92. The number of ether oxygens (including phenoxy) is 1. The molecule has 1 aromatic heterocycles. The molecule has 1 saturated heterocycles. The van der Waals surface area contributed by atoms with E-state index in [-0.39, 0.29) is 46.9 Å². The van der Waals surface area contributed by atoms with Crippen molar-refractivity contribution < 1.29 is 27.8 Å². The van der Waals surface area contributed by atoms with E-state index < -0.39 is 34.8 Å². The number of nitriles is 1. The van der Waals surface area contributed by atoms with E-state index in [0.717, 1.165) is 6.07 Å². The summed E-state index contributed by atoms with van der Waals surface area (Å²) in [5, 5.41) is 18.6. The molecule has 0 radical (unpaired) electrons. The fourth-order valence-electron chi connectivity index (χ4n) is 4.34. The normalized spacial score (nSPS) is 17.1. The molecule has 0 saturated carbocycles. The van der Waals surface area contributed by atoms with E-state index in [0.29, 0.717) is 12.2 Å². The molecule has 1 unspecified atom stereocenters. The molecule has 2 aromatic carbocycles. The van der Waals surface area contributed by atoms with Crippen LogP contribution in [-0.2, 0) is 11.2 Å². The van der Waals surface area contributed by atoms with Gasteiger partial charge in [-0.05, 0) is 44.2 Å². The van der Waals surface area contributed by atoms with Crippen molar-refractivity contribution in [2.75, 3.05) is 23.0 Å². The van der Waals surface area contributed by atoms with Crippen LogP contribution in [0, 0.1) is 17.1 Å².